The smallest absolute Gasteiger partial charge is 0.229 e. The van der Waals surface area contributed by atoms with E-state index in [2.05, 4.69) is 14.8 Å². The summed E-state index contributed by atoms with van der Waals surface area (Å²) in [5, 5.41) is 3.44. The van der Waals surface area contributed by atoms with E-state index >= 15 is 0 Å². The molecule has 1 aliphatic carbocycles. The number of rotatable bonds is 7. The van der Waals surface area contributed by atoms with Gasteiger partial charge in [0.15, 0.2) is 28.5 Å². The van der Waals surface area contributed by atoms with Crippen LogP contribution in [0.15, 0.2) is 18.5 Å². The zero-order chi connectivity index (χ0) is 23.5. The lowest BCUT2D eigenvalue weighted by Crippen LogP contribution is -2.37. The lowest BCUT2D eigenvalue weighted by molar-refractivity contribution is 0.122. The highest BCUT2D eigenvalue weighted by atomic mass is 16.5. The molecule has 3 aromatic rings. The number of anilines is 3. The molecule has 1 aliphatic heterocycles. The van der Waals surface area contributed by atoms with Crippen molar-refractivity contribution in [2.45, 2.75) is 38.1 Å². The molecular formula is C24H32N6O4. The van der Waals surface area contributed by atoms with Gasteiger partial charge in [-0.1, -0.05) is 19.3 Å². The number of ether oxygens (including phenoxy) is 4. The third-order valence-corrected chi connectivity index (χ3v) is 6.60. The van der Waals surface area contributed by atoms with Crippen molar-refractivity contribution in [3.8, 4) is 17.2 Å². The Kier molecular flexibility index (Phi) is 6.57. The topological polar surface area (TPSA) is 95.8 Å². The maximum absolute atomic E-state index is 5.54. The summed E-state index contributed by atoms with van der Waals surface area (Å²) in [7, 11) is 4.80. The average molecular weight is 469 g/mol. The Morgan fingerprint density at radius 3 is 2.29 bits per heavy atom. The normalized spacial score (nSPS) is 17.1. The molecule has 0 amide bonds. The number of morpholine rings is 1. The van der Waals surface area contributed by atoms with Crippen LogP contribution in [0.4, 0.5) is 17.5 Å². The molecule has 0 atom stereocenters. The summed E-state index contributed by atoms with van der Waals surface area (Å²) in [6, 6.07) is 4.14. The molecule has 5 rings (SSSR count). The van der Waals surface area contributed by atoms with E-state index in [1.54, 1.807) is 21.3 Å². The second kappa shape index (κ2) is 9.92. The number of fused-ring (bicyclic) bond motifs is 1. The predicted octanol–water partition coefficient (Wildman–Crippen LogP) is 3.94. The van der Waals surface area contributed by atoms with Crippen LogP contribution in [0.5, 0.6) is 17.2 Å². The van der Waals surface area contributed by atoms with Crippen molar-refractivity contribution in [1.29, 1.82) is 0 Å². The van der Waals surface area contributed by atoms with Crippen LogP contribution < -0.4 is 24.4 Å². The van der Waals surface area contributed by atoms with E-state index in [1.165, 1.54) is 19.3 Å². The predicted molar refractivity (Wildman–Crippen MR) is 130 cm³/mol. The number of nitrogens with one attached hydrogen (secondary N) is 1. The van der Waals surface area contributed by atoms with Gasteiger partial charge in [0.05, 0.1) is 40.9 Å². The molecule has 1 saturated carbocycles. The highest BCUT2D eigenvalue weighted by Crippen LogP contribution is 2.41. The number of nitrogens with zero attached hydrogens (tertiary/aromatic N) is 5. The van der Waals surface area contributed by atoms with E-state index in [9.17, 15) is 0 Å². The Bertz CT molecular complexity index is 1110. The second-order valence-electron chi connectivity index (χ2n) is 8.63. The molecule has 1 N–H and O–H groups in total. The minimum absolute atomic E-state index is 0.417. The number of aromatic nitrogens is 4. The highest BCUT2D eigenvalue weighted by molar-refractivity contribution is 5.87. The van der Waals surface area contributed by atoms with Crippen molar-refractivity contribution in [2.75, 3.05) is 57.8 Å². The van der Waals surface area contributed by atoms with Crippen LogP contribution >= 0.6 is 0 Å². The number of benzene rings is 1. The highest BCUT2D eigenvalue weighted by Gasteiger charge is 2.24. The number of hydrogen-bond acceptors (Lipinski definition) is 9. The quantitative estimate of drug-likeness (QED) is 0.553. The third kappa shape index (κ3) is 4.29. The zero-order valence-electron chi connectivity index (χ0n) is 20.0. The lowest BCUT2D eigenvalue weighted by atomic mass is 9.95. The molecule has 10 nitrogen and oxygen atoms in total. The van der Waals surface area contributed by atoms with Gasteiger partial charge >= 0.3 is 0 Å². The second-order valence-corrected chi connectivity index (χ2v) is 8.63. The first kappa shape index (κ1) is 22.5. The maximum atomic E-state index is 5.54. The molecule has 0 spiro atoms. The third-order valence-electron chi connectivity index (χ3n) is 6.60. The van der Waals surface area contributed by atoms with Gasteiger partial charge in [0, 0.05) is 37.0 Å². The number of imidazole rings is 1. The van der Waals surface area contributed by atoms with E-state index in [1.807, 2.05) is 18.5 Å². The Labute approximate surface area is 199 Å². The Morgan fingerprint density at radius 1 is 0.941 bits per heavy atom. The summed E-state index contributed by atoms with van der Waals surface area (Å²) in [6.45, 7) is 2.84. The van der Waals surface area contributed by atoms with E-state index in [4.69, 9.17) is 33.9 Å². The monoisotopic (exact) mass is 468 g/mol. The van der Waals surface area contributed by atoms with Gasteiger partial charge in [-0.2, -0.15) is 9.97 Å². The number of methoxy groups -OCH3 is 3. The Balaban J connectivity index is 1.59. The fraction of sp³-hybridized carbons (Fsp3) is 0.542. The van der Waals surface area contributed by atoms with Gasteiger partial charge in [0.2, 0.25) is 11.7 Å². The summed E-state index contributed by atoms with van der Waals surface area (Å²) >= 11 is 0. The van der Waals surface area contributed by atoms with Crippen LogP contribution in [0.1, 0.15) is 38.1 Å². The average Bonchev–Trinajstić information content (AvgIpc) is 3.33. The molecule has 182 valence electrons. The lowest BCUT2D eigenvalue weighted by Gasteiger charge is -2.28. The molecule has 0 bridgehead atoms. The fourth-order valence-corrected chi connectivity index (χ4v) is 4.81. The standard InChI is InChI=1S/C24H32N6O4/c1-31-18-13-16(14-19(32-2)21(18)33-3)26-22-20-23(28-24(27-22)29-9-11-34-12-10-29)30(15-25-20)17-7-5-4-6-8-17/h13-15,17H,4-12H2,1-3H3,(H,26,27,28). The van der Waals surface area contributed by atoms with Gasteiger partial charge in [-0.05, 0) is 12.8 Å². The molecule has 0 radical (unpaired) electrons. The molecule has 10 heteroatoms. The molecular weight excluding hydrogens is 436 g/mol. The van der Waals surface area contributed by atoms with E-state index in [0.29, 0.717) is 48.3 Å². The molecule has 2 aromatic heterocycles. The van der Waals surface area contributed by atoms with Gasteiger partial charge in [0.1, 0.15) is 0 Å². The van der Waals surface area contributed by atoms with E-state index < -0.39 is 0 Å². The molecule has 2 fully saturated rings. The molecule has 34 heavy (non-hydrogen) atoms. The molecule has 0 unspecified atom stereocenters. The van der Waals surface area contributed by atoms with Gasteiger partial charge < -0.3 is 33.7 Å². The maximum Gasteiger partial charge on any atom is 0.229 e. The Hall–Kier alpha value is -3.27. The molecule has 3 heterocycles. The first-order chi connectivity index (χ1) is 16.7. The van der Waals surface area contributed by atoms with Gasteiger partial charge in [-0.25, -0.2) is 4.98 Å². The van der Waals surface area contributed by atoms with Crippen LogP contribution in [0.3, 0.4) is 0 Å². The van der Waals surface area contributed by atoms with Crippen molar-refractivity contribution in [1.82, 2.24) is 19.5 Å². The molecule has 2 aliphatic rings. The summed E-state index contributed by atoms with van der Waals surface area (Å²) in [4.78, 5) is 16.8. The number of hydrogen-bond donors (Lipinski definition) is 1. The van der Waals surface area contributed by atoms with Crippen molar-refractivity contribution >= 4 is 28.6 Å². The van der Waals surface area contributed by atoms with Crippen LogP contribution in [0, 0.1) is 0 Å². The SMILES string of the molecule is COc1cc(Nc2nc(N3CCOCC3)nc3c2ncn3C2CCCCC2)cc(OC)c1OC. The summed E-state index contributed by atoms with van der Waals surface area (Å²) in [5.41, 5.74) is 2.37. The van der Waals surface area contributed by atoms with Gasteiger partial charge in [-0.3, -0.25) is 0 Å². The molecule has 1 saturated heterocycles. The Morgan fingerprint density at radius 2 is 1.65 bits per heavy atom. The minimum atomic E-state index is 0.417. The van der Waals surface area contributed by atoms with Crippen LogP contribution in [-0.2, 0) is 4.74 Å². The minimum Gasteiger partial charge on any atom is -0.493 e. The largest absolute Gasteiger partial charge is 0.493 e. The summed E-state index contributed by atoms with van der Waals surface area (Å²) < 4.78 is 24.3. The van der Waals surface area contributed by atoms with Crippen LogP contribution in [-0.4, -0.2) is 67.2 Å². The first-order valence-electron chi connectivity index (χ1n) is 11.9. The summed E-state index contributed by atoms with van der Waals surface area (Å²) in [6.07, 6.45) is 7.99. The van der Waals surface area contributed by atoms with E-state index in [-0.39, 0.29) is 0 Å². The van der Waals surface area contributed by atoms with Crippen LogP contribution in [0.25, 0.3) is 11.2 Å². The summed E-state index contributed by atoms with van der Waals surface area (Å²) in [5.74, 6) is 3.00. The zero-order valence-corrected chi connectivity index (χ0v) is 20.0. The molecule has 1 aromatic carbocycles. The van der Waals surface area contributed by atoms with Gasteiger partial charge in [0.25, 0.3) is 0 Å². The van der Waals surface area contributed by atoms with Crippen molar-refractivity contribution in [3.05, 3.63) is 18.5 Å². The fourth-order valence-electron chi connectivity index (χ4n) is 4.81. The van der Waals surface area contributed by atoms with Crippen molar-refractivity contribution in [3.63, 3.8) is 0 Å². The van der Waals surface area contributed by atoms with Gasteiger partial charge in [-0.15, -0.1) is 0 Å². The van der Waals surface area contributed by atoms with Crippen molar-refractivity contribution < 1.29 is 18.9 Å². The van der Waals surface area contributed by atoms with Crippen LogP contribution in [0.2, 0.25) is 0 Å². The van der Waals surface area contributed by atoms with E-state index in [0.717, 1.165) is 42.8 Å². The van der Waals surface area contributed by atoms with Crippen molar-refractivity contribution in [2.24, 2.45) is 0 Å². The first-order valence-corrected chi connectivity index (χ1v) is 11.9.